The van der Waals surface area contributed by atoms with E-state index in [4.69, 9.17) is 9.97 Å². The van der Waals surface area contributed by atoms with Crippen LogP contribution in [0.3, 0.4) is 0 Å². The molecule has 1 aliphatic heterocycles. The highest BCUT2D eigenvalue weighted by Crippen LogP contribution is 2.33. The number of benzene rings is 1. The van der Waals surface area contributed by atoms with Crippen molar-refractivity contribution in [1.29, 1.82) is 0 Å². The molecule has 210 valence electrons. The molecule has 1 saturated heterocycles. The number of aryl methyl sites for hydroxylation is 1. The number of fused-ring (bicyclic) bond motifs is 1. The Kier molecular flexibility index (Phi) is 7.55. The predicted octanol–water partition coefficient (Wildman–Crippen LogP) is 3.94. The van der Waals surface area contributed by atoms with Crippen LogP contribution in [0.2, 0.25) is 0 Å². The highest BCUT2D eigenvalue weighted by Gasteiger charge is 2.29. The highest BCUT2D eigenvalue weighted by atomic mass is 32.1. The molecule has 1 saturated carbocycles. The summed E-state index contributed by atoms with van der Waals surface area (Å²) >= 11 is 1.52. The number of anilines is 4. The maximum atomic E-state index is 12.7. The van der Waals surface area contributed by atoms with Crippen molar-refractivity contribution in [1.82, 2.24) is 24.4 Å². The molecule has 6 rings (SSSR count). The highest BCUT2D eigenvalue weighted by molar-refractivity contribution is 7.22. The standard InChI is InChI=1S/C28H34N8O3S/c1-18-29-8-9-35(18)17-19-14-25(30-20-2-5-22(38)6-3-20)32-26(15-19)33-27-31-23-7-4-21(16-24(23)40-27)36-11-10-34(12-13-37)28(36)39/h4,7-9,14-16,20,22,37-38H,2-3,5-6,10-13,17H2,1H3,(H2,30,31,32,33)/t20-,22-. The van der Waals surface area contributed by atoms with E-state index in [2.05, 4.69) is 26.3 Å². The summed E-state index contributed by atoms with van der Waals surface area (Å²) in [4.78, 5) is 30.1. The predicted molar refractivity (Wildman–Crippen MR) is 156 cm³/mol. The Labute approximate surface area is 236 Å². The first-order chi connectivity index (χ1) is 19.4. The van der Waals surface area contributed by atoms with Gasteiger partial charge < -0.3 is 30.3 Å². The largest absolute Gasteiger partial charge is 0.395 e. The molecule has 0 spiro atoms. The minimum atomic E-state index is -0.207. The van der Waals surface area contributed by atoms with Gasteiger partial charge in [0.2, 0.25) is 0 Å². The normalized spacial score (nSPS) is 19.5. The zero-order chi connectivity index (χ0) is 27.6. The van der Waals surface area contributed by atoms with Crippen molar-refractivity contribution in [2.75, 3.05) is 41.8 Å². The van der Waals surface area contributed by atoms with Crippen molar-refractivity contribution in [3.8, 4) is 0 Å². The molecule has 4 aromatic rings. The molecule has 0 atom stereocenters. The van der Waals surface area contributed by atoms with Crippen molar-refractivity contribution < 1.29 is 15.0 Å². The van der Waals surface area contributed by atoms with Crippen LogP contribution in [0.15, 0.2) is 42.7 Å². The molecule has 40 heavy (non-hydrogen) atoms. The molecule has 1 aromatic carbocycles. The van der Waals surface area contributed by atoms with Gasteiger partial charge in [-0.05, 0) is 68.5 Å². The SMILES string of the molecule is Cc1nccn1Cc1cc(Nc2nc3ccc(N4CCN(CCO)C4=O)cc3s2)nc(N[C@H]2CC[C@H](O)CC2)c1. The first-order valence-corrected chi connectivity index (χ1v) is 14.5. The summed E-state index contributed by atoms with van der Waals surface area (Å²) in [5.74, 6) is 2.44. The Balaban J connectivity index is 1.24. The van der Waals surface area contributed by atoms with Gasteiger partial charge in [-0.1, -0.05) is 11.3 Å². The molecule has 0 radical (unpaired) electrons. The maximum absolute atomic E-state index is 12.7. The van der Waals surface area contributed by atoms with E-state index in [0.717, 1.165) is 63.9 Å². The number of pyridine rings is 1. The van der Waals surface area contributed by atoms with E-state index in [0.29, 0.717) is 32.0 Å². The lowest BCUT2D eigenvalue weighted by atomic mass is 9.93. The summed E-state index contributed by atoms with van der Waals surface area (Å²) in [5.41, 5.74) is 2.76. The number of nitrogens with one attached hydrogen (secondary N) is 2. The van der Waals surface area contributed by atoms with Crippen LogP contribution in [0.25, 0.3) is 10.2 Å². The number of hydrogen-bond donors (Lipinski definition) is 4. The van der Waals surface area contributed by atoms with Crippen LogP contribution in [-0.4, -0.2) is 79.1 Å². The Morgan fingerprint density at radius 3 is 2.67 bits per heavy atom. The third-order valence-electron chi connectivity index (χ3n) is 7.59. The van der Waals surface area contributed by atoms with Crippen LogP contribution < -0.4 is 15.5 Å². The van der Waals surface area contributed by atoms with Gasteiger partial charge in [0.1, 0.15) is 17.5 Å². The third-order valence-corrected chi connectivity index (χ3v) is 8.53. The van der Waals surface area contributed by atoms with Crippen LogP contribution >= 0.6 is 11.3 Å². The number of hydrogen-bond acceptors (Lipinski definition) is 9. The van der Waals surface area contributed by atoms with Crippen molar-refractivity contribution >= 4 is 50.0 Å². The second-order valence-electron chi connectivity index (χ2n) is 10.4. The Morgan fingerprint density at radius 1 is 1.07 bits per heavy atom. The van der Waals surface area contributed by atoms with Gasteiger partial charge in [-0.25, -0.2) is 19.7 Å². The molecule has 11 nitrogen and oxygen atoms in total. The van der Waals surface area contributed by atoms with Crippen LogP contribution in [0, 0.1) is 6.92 Å². The molecular weight excluding hydrogens is 528 g/mol. The number of rotatable bonds is 9. The monoisotopic (exact) mass is 562 g/mol. The summed E-state index contributed by atoms with van der Waals surface area (Å²) in [7, 11) is 0. The molecule has 2 fully saturated rings. The second-order valence-corrected chi connectivity index (χ2v) is 11.5. The van der Waals surface area contributed by atoms with Crippen LogP contribution in [0.1, 0.15) is 37.1 Å². The molecule has 3 aromatic heterocycles. The van der Waals surface area contributed by atoms with Crippen molar-refractivity contribution in [2.24, 2.45) is 0 Å². The smallest absolute Gasteiger partial charge is 0.324 e. The van der Waals surface area contributed by atoms with Gasteiger partial charge in [0.05, 0.1) is 22.9 Å². The van der Waals surface area contributed by atoms with Gasteiger partial charge in [-0.3, -0.25) is 4.90 Å². The van der Waals surface area contributed by atoms with Crippen LogP contribution in [0.5, 0.6) is 0 Å². The fourth-order valence-corrected chi connectivity index (χ4v) is 6.31. The number of aliphatic hydroxyl groups excluding tert-OH is 2. The van der Waals surface area contributed by atoms with Gasteiger partial charge in [-0.2, -0.15) is 0 Å². The molecule has 4 heterocycles. The lowest BCUT2D eigenvalue weighted by molar-refractivity contribution is 0.126. The lowest BCUT2D eigenvalue weighted by Crippen LogP contribution is -2.33. The van der Waals surface area contributed by atoms with E-state index >= 15 is 0 Å². The van der Waals surface area contributed by atoms with E-state index in [1.807, 2.05) is 37.4 Å². The number of aliphatic hydroxyl groups is 2. The quantitative estimate of drug-likeness (QED) is 0.241. The Hall–Kier alpha value is -3.74. The average molecular weight is 563 g/mol. The summed E-state index contributed by atoms with van der Waals surface area (Å²) in [5, 5.41) is 26.8. The molecule has 2 amide bonds. The molecule has 12 heteroatoms. The number of β-amino-alcohol motifs (C(OH)–C–C–N with tert-alkyl or cyclic N) is 1. The van der Waals surface area contributed by atoms with E-state index in [-0.39, 0.29) is 24.8 Å². The zero-order valence-corrected chi connectivity index (χ0v) is 23.3. The molecule has 0 unspecified atom stereocenters. The van der Waals surface area contributed by atoms with E-state index in [1.165, 1.54) is 11.3 Å². The number of amides is 2. The number of thiazole rings is 1. The van der Waals surface area contributed by atoms with Crippen molar-refractivity contribution in [3.05, 3.63) is 54.1 Å². The molecule has 4 N–H and O–H groups in total. The number of carbonyl (C=O) groups excluding carboxylic acids is 1. The van der Waals surface area contributed by atoms with Gasteiger partial charge in [0.25, 0.3) is 0 Å². The number of aromatic nitrogens is 4. The van der Waals surface area contributed by atoms with Crippen molar-refractivity contribution in [2.45, 2.75) is 51.3 Å². The first-order valence-electron chi connectivity index (χ1n) is 13.7. The van der Waals surface area contributed by atoms with E-state index in [9.17, 15) is 15.0 Å². The van der Waals surface area contributed by atoms with Gasteiger partial charge >= 0.3 is 6.03 Å². The molecule has 0 bridgehead atoms. The minimum absolute atomic E-state index is 0.0410. The fraction of sp³-hybridized carbons (Fsp3) is 0.429. The molecule has 2 aliphatic rings. The lowest BCUT2D eigenvalue weighted by Gasteiger charge is -2.27. The summed E-state index contributed by atoms with van der Waals surface area (Å²) in [6.45, 7) is 4.16. The number of nitrogens with zero attached hydrogens (tertiary/aromatic N) is 6. The first kappa shape index (κ1) is 26.5. The van der Waals surface area contributed by atoms with E-state index < -0.39 is 0 Å². The average Bonchev–Trinajstić information content (AvgIpc) is 3.63. The number of carbonyl (C=O) groups is 1. The number of imidazole rings is 1. The third kappa shape index (κ3) is 5.74. The minimum Gasteiger partial charge on any atom is -0.395 e. The van der Waals surface area contributed by atoms with Crippen LogP contribution in [-0.2, 0) is 6.54 Å². The number of urea groups is 1. The topological polar surface area (TPSA) is 132 Å². The van der Waals surface area contributed by atoms with Gasteiger partial charge in [-0.15, -0.1) is 0 Å². The Morgan fingerprint density at radius 2 is 1.90 bits per heavy atom. The molecule has 1 aliphatic carbocycles. The summed E-state index contributed by atoms with van der Waals surface area (Å²) in [6.07, 6.45) is 6.98. The van der Waals surface area contributed by atoms with Gasteiger partial charge in [0, 0.05) is 50.3 Å². The zero-order valence-electron chi connectivity index (χ0n) is 22.5. The van der Waals surface area contributed by atoms with E-state index in [1.54, 1.807) is 16.0 Å². The maximum Gasteiger partial charge on any atom is 0.324 e. The Bertz CT molecular complexity index is 1500. The summed E-state index contributed by atoms with van der Waals surface area (Å²) < 4.78 is 3.07. The second kappa shape index (κ2) is 11.4. The van der Waals surface area contributed by atoms with Crippen LogP contribution in [0.4, 0.5) is 27.2 Å². The summed E-state index contributed by atoms with van der Waals surface area (Å²) in [6, 6.07) is 10.1. The van der Waals surface area contributed by atoms with Crippen molar-refractivity contribution in [3.63, 3.8) is 0 Å². The fourth-order valence-electron chi connectivity index (χ4n) is 5.41. The van der Waals surface area contributed by atoms with Gasteiger partial charge in [0.15, 0.2) is 5.13 Å². The molecular formula is C28H34N8O3S.